The van der Waals surface area contributed by atoms with Gasteiger partial charge in [0.2, 0.25) is 0 Å². The molecule has 0 saturated heterocycles. The first-order chi connectivity index (χ1) is 9.11. The lowest BCUT2D eigenvalue weighted by molar-refractivity contribution is -0.160. The highest BCUT2D eigenvalue weighted by Crippen LogP contribution is 2.20. The highest BCUT2D eigenvalue weighted by Gasteiger charge is 2.27. The standard InChI is InChI=1S/C15H19NO3/c1-4-11-16(14(17)15(18)19-5-2)12(3)13-9-7-6-8-10-13/h4,6-10,12H,1,5,11H2,2-3H3/t12-/m0/s1. The van der Waals surface area contributed by atoms with Crippen molar-refractivity contribution in [1.82, 2.24) is 4.90 Å². The molecule has 1 rings (SSSR count). The van der Waals surface area contributed by atoms with Crippen LogP contribution in [0.4, 0.5) is 0 Å². The molecule has 19 heavy (non-hydrogen) atoms. The molecule has 1 aromatic carbocycles. The van der Waals surface area contributed by atoms with Crippen LogP contribution in [0, 0.1) is 0 Å². The van der Waals surface area contributed by atoms with Crippen molar-refractivity contribution in [2.45, 2.75) is 19.9 Å². The van der Waals surface area contributed by atoms with Crippen molar-refractivity contribution in [2.24, 2.45) is 0 Å². The molecule has 0 bridgehead atoms. The van der Waals surface area contributed by atoms with E-state index in [0.717, 1.165) is 5.56 Å². The second kappa shape index (κ2) is 7.36. The molecule has 0 aromatic heterocycles. The van der Waals surface area contributed by atoms with Crippen LogP contribution in [0.3, 0.4) is 0 Å². The molecule has 0 aliphatic rings. The molecule has 0 spiro atoms. The first kappa shape index (κ1) is 15.0. The van der Waals surface area contributed by atoms with Crippen LogP contribution in [-0.2, 0) is 14.3 Å². The molecule has 0 radical (unpaired) electrons. The van der Waals surface area contributed by atoms with Crippen LogP contribution in [-0.4, -0.2) is 29.9 Å². The number of hydrogen-bond donors (Lipinski definition) is 0. The Morgan fingerprint density at radius 1 is 1.37 bits per heavy atom. The Kier molecular flexibility index (Phi) is 5.79. The van der Waals surface area contributed by atoms with Gasteiger partial charge in [0.25, 0.3) is 0 Å². The van der Waals surface area contributed by atoms with E-state index >= 15 is 0 Å². The van der Waals surface area contributed by atoms with Crippen LogP contribution in [0.15, 0.2) is 43.0 Å². The largest absolute Gasteiger partial charge is 0.459 e. The summed E-state index contributed by atoms with van der Waals surface area (Å²) in [4.78, 5) is 25.0. The fraction of sp³-hybridized carbons (Fsp3) is 0.333. The lowest BCUT2D eigenvalue weighted by Gasteiger charge is -2.27. The second-order valence-electron chi connectivity index (χ2n) is 4.05. The summed E-state index contributed by atoms with van der Waals surface area (Å²) in [6.07, 6.45) is 1.59. The van der Waals surface area contributed by atoms with Crippen molar-refractivity contribution >= 4 is 11.9 Å². The minimum atomic E-state index is -0.827. The number of ether oxygens (including phenoxy) is 1. The normalized spacial score (nSPS) is 11.5. The van der Waals surface area contributed by atoms with Gasteiger partial charge < -0.3 is 9.64 Å². The third-order valence-electron chi connectivity index (χ3n) is 2.79. The summed E-state index contributed by atoms with van der Waals surface area (Å²) >= 11 is 0. The van der Waals surface area contributed by atoms with Gasteiger partial charge in [-0.2, -0.15) is 0 Å². The van der Waals surface area contributed by atoms with E-state index in [1.54, 1.807) is 13.0 Å². The zero-order valence-electron chi connectivity index (χ0n) is 11.3. The number of amides is 1. The van der Waals surface area contributed by atoms with Crippen LogP contribution < -0.4 is 0 Å². The van der Waals surface area contributed by atoms with Crippen molar-refractivity contribution in [3.63, 3.8) is 0 Å². The van der Waals surface area contributed by atoms with E-state index < -0.39 is 11.9 Å². The quantitative estimate of drug-likeness (QED) is 0.464. The van der Waals surface area contributed by atoms with Crippen molar-refractivity contribution in [1.29, 1.82) is 0 Å². The van der Waals surface area contributed by atoms with Gasteiger partial charge in [-0.15, -0.1) is 6.58 Å². The summed E-state index contributed by atoms with van der Waals surface area (Å²) in [6.45, 7) is 7.65. The zero-order valence-corrected chi connectivity index (χ0v) is 11.3. The van der Waals surface area contributed by atoms with Crippen molar-refractivity contribution < 1.29 is 14.3 Å². The average molecular weight is 261 g/mol. The summed E-state index contributed by atoms with van der Waals surface area (Å²) in [5.74, 6) is -1.47. The molecule has 102 valence electrons. The monoisotopic (exact) mass is 261 g/mol. The number of esters is 1. The van der Waals surface area contributed by atoms with Crippen LogP contribution in [0.25, 0.3) is 0 Å². The molecule has 1 atom stereocenters. The van der Waals surface area contributed by atoms with Gasteiger partial charge >= 0.3 is 11.9 Å². The van der Waals surface area contributed by atoms with Gasteiger partial charge in [-0.25, -0.2) is 4.79 Å². The first-order valence-electron chi connectivity index (χ1n) is 6.25. The van der Waals surface area contributed by atoms with Crippen LogP contribution in [0.1, 0.15) is 25.5 Å². The second-order valence-corrected chi connectivity index (χ2v) is 4.05. The molecule has 0 unspecified atom stereocenters. The molecule has 0 N–H and O–H groups in total. The predicted octanol–water partition coefficient (Wildman–Crippen LogP) is 2.33. The van der Waals surface area contributed by atoms with Crippen molar-refractivity contribution in [3.8, 4) is 0 Å². The van der Waals surface area contributed by atoms with Gasteiger partial charge in [-0.05, 0) is 19.4 Å². The van der Waals surface area contributed by atoms with Crippen LogP contribution in [0.5, 0.6) is 0 Å². The molecule has 0 heterocycles. The molecule has 0 aliphatic heterocycles. The Bertz CT molecular complexity index is 442. The number of benzene rings is 1. The zero-order chi connectivity index (χ0) is 14.3. The fourth-order valence-electron chi connectivity index (χ4n) is 1.78. The number of carbonyl (C=O) groups excluding carboxylic acids is 2. The van der Waals surface area contributed by atoms with Gasteiger partial charge in [0.1, 0.15) is 0 Å². The Labute approximate surface area is 113 Å². The van der Waals surface area contributed by atoms with Gasteiger partial charge in [0, 0.05) is 6.54 Å². The van der Waals surface area contributed by atoms with E-state index in [0.29, 0.717) is 6.54 Å². The fourth-order valence-corrected chi connectivity index (χ4v) is 1.78. The van der Waals surface area contributed by atoms with Gasteiger partial charge in [-0.1, -0.05) is 36.4 Å². The van der Waals surface area contributed by atoms with Gasteiger partial charge in [0.15, 0.2) is 0 Å². The first-order valence-corrected chi connectivity index (χ1v) is 6.25. The summed E-state index contributed by atoms with van der Waals surface area (Å²) in [5.41, 5.74) is 0.960. The highest BCUT2D eigenvalue weighted by molar-refractivity contribution is 6.32. The molecule has 4 heteroatoms. The highest BCUT2D eigenvalue weighted by atomic mass is 16.5. The van der Waals surface area contributed by atoms with Crippen molar-refractivity contribution in [2.75, 3.05) is 13.2 Å². The van der Waals surface area contributed by atoms with Gasteiger partial charge in [-0.3, -0.25) is 4.79 Å². The number of rotatable bonds is 5. The molecular weight excluding hydrogens is 242 g/mol. The number of nitrogens with zero attached hydrogens (tertiary/aromatic N) is 1. The minimum absolute atomic E-state index is 0.187. The summed E-state index contributed by atoms with van der Waals surface area (Å²) in [5, 5.41) is 0. The Balaban J connectivity index is 2.91. The van der Waals surface area contributed by atoms with E-state index in [9.17, 15) is 9.59 Å². The van der Waals surface area contributed by atoms with E-state index in [2.05, 4.69) is 6.58 Å². The Morgan fingerprint density at radius 3 is 2.53 bits per heavy atom. The predicted molar refractivity (Wildman–Crippen MR) is 73.4 cm³/mol. The molecule has 1 aromatic rings. The lowest BCUT2D eigenvalue weighted by atomic mass is 10.1. The third-order valence-corrected chi connectivity index (χ3v) is 2.79. The summed E-state index contributed by atoms with van der Waals surface area (Å²) in [6, 6.07) is 9.31. The maximum absolute atomic E-state index is 12.0. The molecule has 1 amide bonds. The molecule has 4 nitrogen and oxygen atoms in total. The lowest BCUT2D eigenvalue weighted by Crippen LogP contribution is -2.39. The maximum atomic E-state index is 12.0. The number of hydrogen-bond acceptors (Lipinski definition) is 3. The van der Waals surface area contributed by atoms with Gasteiger partial charge in [0.05, 0.1) is 12.6 Å². The topological polar surface area (TPSA) is 46.6 Å². The SMILES string of the molecule is C=CCN(C(=O)C(=O)OCC)[C@@H](C)c1ccccc1. The van der Waals surface area contributed by atoms with Crippen LogP contribution >= 0.6 is 0 Å². The number of carbonyl (C=O) groups is 2. The smallest absolute Gasteiger partial charge is 0.397 e. The Hall–Kier alpha value is -2.10. The van der Waals surface area contributed by atoms with Crippen LogP contribution in [0.2, 0.25) is 0 Å². The molecule has 0 aliphatic carbocycles. The Morgan fingerprint density at radius 2 is 2.00 bits per heavy atom. The molecule has 0 saturated carbocycles. The third kappa shape index (κ3) is 3.95. The van der Waals surface area contributed by atoms with E-state index in [-0.39, 0.29) is 12.6 Å². The summed E-state index contributed by atoms with van der Waals surface area (Å²) < 4.78 is 4.75. The van der Waals surface area contributed by atoms with E-state index in [1.807, 2.05) is 37.3 Å². The van der Waals surface area contributed by atoms with E-state index in [1.165, 1.54) is 4.90 Å². The maximum Gasteiger partial charge on any atom is 0.397 e. The molecular formula is C15H19NO3. The average Bonchev–Trinajstić information content (AvgIpc) is 2.44. The minimum Gasteiger partial charge on any atom is -0.459 e. The molecule has 0 fully saturated rings. The van der Waals surface area contributed by atoms with Crippen molar-refractivity contribution in [3.05, 3.63) is 48.6 Å². The summed E-state index contributed by atoms with van der Waals surface area (Å²) in [7, 11) is 0. The van der Waals surface area contributed by atoms with E-state index in [4.69, 9.17) is 4.74 Å².